The maximum Gasteiger partial charge on any atom is 0.341 e. The number of aromatic nitrogens is 1. The summed E-state index contributed by atoms with van der Waals surface area (Å²) in [6, 6.07) is 16.4. The van der Waals surface area contributed by atoms with E-state index in [-0.39, 0.29) is 22.6 Å². The quantitative estimate of drug-likeness (QED) is 0.272. The average molecular weight is 458 g/mol. The van der Waals surface area contributed by atoms with Crippen LogP contribution >= 0.6 is 0 Å². The Morgan fingerprint density at radius 3 is 1.97 bits per heavy atom. The van der Waals surface area contributed by atoms with Crippen molar-refractivity contribution in [3.8, 4) is 0 Å². The van der Waals surface area contributed by atoms with Crippen LogP contribution in [-0.2, 0) is 9.47 Å². The van der Waals surface area contributed by atoms with E-state index in [1.807, 2.05) is 49.4 Å². The van der Waals surface area contributed by atoms with E-state index in [0.717, 1.165) is 16.3 Å². The number of carbonyl (C=O) groups is 3. The van der Waals surface area contributed by atoms with E-state index in [2.05, 4.69) is 0 Å². The van der Waals surface area contributed by atoms with Gasteiger partial charge in [0.25, 0.3) is 0 Å². The van der Waals surface area contributed by atoms with Crippen LogP contribution in [0.1, 0.15) is 70.0 Å². The van der Waals surface area contributed by atoms with Crippen LogP contribution in [0.2, 0.25) is 0 Å². The van der Waals surface area contributed by atoms with Crippen molar-refractivity contribution in [3.63, 3.8) is 0 Å². The van der Waals surface area contributed by atoms with Crippen molar-refractivity contribution in [1.29, 1.82) is 0 Å². The van der Waals surface area contributed by atoms with Crippen LogP contribution in [-0.4, -0.2) is 34.3 Å². The first-order chi connectivity index (χ1) is 16.2. The number of nitrogens with zero attached hydrogens (tertiary/aromatic N) is 1. The lowest BCUT2D eigenvalue weighted by Gasteiger charge is -2.12. The fraction of sp³-hybridized carbons (Fsp3) is 0.250. The summed E-state index contributed by atoms with van der Waals surface area (Å²) in [5.74, 6) is -1.80. The van der Waals surface area contributed by atoms with Gasteiger partial charge in [-0.05, 0) is 46.1 Å². The van der Waals surface area contributed by atoms with Crippen LogP contribution in [0.5, 0.6) is 0 Å². The van der Waals surface area contributed by atoms with E-state index >= 15 is 0 Å². The Labute approximate surface area is 198 Å². The van der Waals surface area contributed by atoms with Gasteiger partial charge in [-0.3, -0.25) is 4.79 Å². The number of ketones is 1. The third-order valence-corrected chi connectivity index (χ3v) is 5.45. The monoisotopic (exact) mass is 457 g/mol. The van der Waals surface area contributed by atoms with Crippen LogP contribution in [0.3, 0.4) is 0 Å². The van der Waals surface area contributed by atoms with Gasteiger partial charge in [-0.1, -0.05) is 54.1 Å². The molecule has 0 N–H and O–H groups in total. The lowest BCUT2D eigenvalue weighted by atomic mass is 10.0. The van der Waals surface area contributed by atoms with Gasteiger partial charge in [0.1, 0.15) is 16.8 Å². The van der Waals surface area contributed by atoms with Gasteiger partial charge in [0.05, 0.1) is 17.7 Å². The van der Waals surface area contributed by atoms with Crippen LogP contribution in [0.15, 0.2) is 60.8 Å². The molecule has 0 saturated carbocycles. The lowest BCUT2D eigenvalue weighted by molar-refractivity contribution is 0.0330. The summed E-state index contributed by atoms with van der Waals surface area (Å²) in [5.41, 5.74) is 1.87. The molecule has 4 aromatic rings. The first-order valence-electron chi connectivity index (χ1n) is 11.3. The summed E-state index contributed by atoms with van der Waals surface area (Å²) in [6.45, 7) is 8.84. The molecule has 0 unspecified atom stereocenters. The first-order valence-corrected chi connectivity index (χ1v) is 11.3. The maximum atomic E-state index is 13.8. The molecule has 6 heteroatoms. The highest BCUT2D eigenvalue weighted by molar-refractivity contribution is 6.22. The van der Waals surface area contributed by atoms with Gasteiger partial charge >= 0.3 is 11.9 Å². The molecule has 0 aliphatic heterocycles. The zero-order valence-electron chi connectivity index (χ0n) is 19.9. The van der Waals surface area contributed by atoms with Gasteiger partial charge in [-0.15, -0.1) is 0 Å². The van der Waals surface area contributed by atoms with E-state index in [9.17, 15) is 14.4 Å². The minimum atomic E-state index is -0.742. The minimum Gasteiger partial charge on any atom is -0.459 e. The van der Waals surface area contributed by atoms with E-state index in [1.54, 1.807) is 50.4 Å². The van der Waals surface area contributed by atoms with E-state index in [4.69, 9.17) is 9.47 Å². The minimum absolute atomic E-state index is 0.0339. The maximum absolute atomic E-state index is 13.8. The predicted octanol–water partition coefficient (Wildman–Crippen LogP) is 5.76. The zero-order chi connectivity index (χ0) is 24.6. The third kappa shape index (κ3) is 4.19. The standard InChI is InChI=1S/C28H27NO5/c1-16(2)33-27(31)22-23(28(32)34-17(3)4)25(26(30)20-12-10-18(5)11-13-20)29-15-14-19-8-6-7-9-21(19)24(22)29/h6-17H,1-5H3. The Balaban J connectivity index is 2.13. The molecule has 0 atom stereocenters. The van der Waals surface area contributed by atoms with Crippen molar-refractivity contribution in [2.24, 2.45) is 0 Å². The highest BCUT2D eigenvalue weighted by Gasteiger charge is 2.35. The summed E-state index contributed by atoms with van der Waals surface area (Å²) >= 11 is 0. The smallest absolute Gasteiger partial charge is 0.341 e. The van der Waals surface area contributed by atoms with Crippen LogP contribution in [0, 0.1) is 6.92 Å². The van der Waals surface area contributed by atoms with Gasteiger partial charge in [-0.25, -0.2) is 9.59 Å². The number of carbonyl (C=O) groups excluding carboxylic acids is 3. The fourth-order valence-electron chi connectivity index (χ4n) is 4.02. The summed E-state index contributed by atoms with van der Waals surface area (Å²) in [7, 11) is 0. The Morgan fingerprint density at radius 2 is 1.35 bits per heavy atom. The number of hydrogen-bond donors (Lipinski definition) is 0. The van der Waals surface area contributed by atoms with Crippen LogP contribution < -0.4 is 0 Å². The Kier molecular flexibility index (Phi) is 6.24. The van der Waals surface area contributed by atoms with Crippen molar-refractivity contribution in [2.75, 3.05) is 0 Å². The second-order valence-corrected chi connectivity index (χ2v) is 8.82. The SMILES string of the molecule is Cc1ccc(C(=O)c2c(C(=O)OC(C)C)c(C(=O)OC(C)C)c3c4ccccc4ccn23)cc1. The Morgan fingerprint density at radius 1 is 0.765 bits per heavy atom. The summed E-state index contributed by atoms with van der Waals surface area (Å²) in [6.07, 6.45) is 0.850. The normalized spacial score (nSPS) is 11.4. The molecule has 4 rings (SSSR count). The highest BCUT2D eigenvalue weighted by Crippen LogP contribution is 2.33. The molecular formula is C28H27NO5. The molecule has 34 heavy (non-hydrogen) atoms. The van der Waals surface area contributed by atoms with Gasteiger partial charge in [0.2, 0.25) is 5.78 Å². The largest absolute Gasteiger partial charge is 0.459 e. The van der Waals surface area contributed by atoms with E-state index in [1.165, 1.54) is 0 Å². The Hall–Kier alpha value is -3.93. The molecule has 0 aliphatic rings. The Bertz CT molecular complexity index is 1410. The van der Waals surface area contributed by atoms with Gasteiger partial charge in [0, 0.05) is 17.1 Å². The molecule has 2 aromatic carbocycles. The zero-order valence-corrected chi connectivity index (χ0v) is 19.9. The number of benzene rings is 2. The molecule has 2 heterocycles. The van der Waals surface area contributed by atoms with Crippen molar-refractivity contribution >= 4 is 34.0 Å². The average Bonchev–Trinajstić information content (AvgIpc) is 3.14. The number of ether oxygens (including phenoxy) is 2. The van der Waals surface area contributed by atoms with E-state index < -0.39 is 24.1 Å². The number of esters is 2. The summed E-state index contributed by atoms with van der Waals surface area (Å²) in [4.78, 5) is 40.6. The molecular weight excluding hydrogens is 430 g/mol. The molecule has 0 amide bonds. The number of hydrogen-bond acceptors (Lipinski definition) is 5. The molecule has 0 bridgehead atoms. The van der Waals surface area contributed by atoms with Crippen molar-refractivity contribution in [2.45, 2.75) is 46.8 Å². The van der Waals surface area contributed by atoms with Gasteiger partial charge in [0.15, 0.2) is 0 Å². The van der Waals surface area contributed by atoms with Crippen molar-refractivity contribution in [3.05, 3.63) is 88.7 Å². The molecule has 0 spiro atoms. The third-order valence-electron chi connectivity index (χ3n) is 5.45. The molecule has 2 aromatic heterocycles. The molecule has 174 valence electrons. The van der Waals surface area contributed by atoms with Gasteiger partial charge in [-0.2, -0.15) is 0 Å². The van der Waals surface area contributed by atoms with Gasteiger partial charge < -0.3 is 13.9 Å². The number of fused-ring (bicyclic) bond motifs is 3. The van der Waals surface area contributed by atoms with Crippen LogP contribution in [0.4, 0.5) is 0 Å². The number of rotatable bonds is 6. The first kappa shape index (κ1) is 23.2. The summed E-state index contributed by atoms with van der Waals surface area (Å²) in [5, 5.41) is 1.59. The molecule has 0 radical (unpaired) electrons. The lowest BCUT2D eigenvalue weighted by Crippen LogP contribution is -2.20. The summed E-state index contributed by atoms with van der Waals surface area (Å²) < 4.78 is 12.6. The molecule has 0 saturated heterocycles. The predicted molar refractivity (Wildman–Crippen MR) is 131 cm³/mol. The fourth-order valence-corrected chi connectivity index (χ4v) is 4.02. The van der Waals surface area contributed by atoms with Crippen molar-refractivity contribution in [1.82, 2.24) is 4.40 Å². The van der Waals surface area contributed by atoms with Crippen LogP contribution in [0.25, 0.3) is 16.3 Å². The number of aryl methyl sites for hydroxylation is 1. The highest BCUT2D eigenvalue weighted by atomic mass is 16.5. The van der Waals surface area contributed by atoms with Crippen molar-refractivity contribution < 1.29 is 23.9 Å². The second-order valence-electron chi connectivity index (χ2n) is 8.82. The molecule has 0 fully saturated rings. The van der Waals surface area contributed by atoms with E-state index in [0.29, 0.717) is 11.1 Å². The number of pyridine rings is 1. The molecule has 0 aliphatic carbocycles. The second kappa shape index (κ2) is 9.14. The topological polar surface area (TPSA) is 74.1 Å². The molecule has 6 nitrogen and oxygen atoms in total.